The molecule has 0 radical (unpaired) electrons. The fraction of sp³-hybridized carbons (Fsp3) is 0.562. The van der Waals surface area contributed by atoms with Crippen molar-refractivity contribution in [3.8, 4) is 0 Å². The molecule has 1 heterocycles. The molecular formula is C16H25N3O. The molecule has 1 atom stereocenters. The van der Waals surface area contributed by atoms with Crippen molar-refractivity contribution in [1.29, 1.82) is 0 Å². The maximum atomic E-state index is 12.1. The van der Waals surface area contributed by atoms with Crippen LogP contribution in [-0.2, 0) is 11.3 Å². The Labute approximate surface area is 121 Å². The van der Waals surface area contributed by atoms with E-state index in [9.17, 15) is 4.79 Å². The van der Waals surface area contributed by atoms with Crippen LogP contribution in [0, 0.1) is 0 Å². The van der Waals surface area contributed by atoms with Crippen molar-refractivity contribution in [2.24, 2.45) is 0 Å². The molecule has 1 aliphatic heterocycles. The van der Waals surface area contributed by atoms with Gasteiger partial charge in [0.15, 0.2) is 0 Å². The lowest BCUT2D eigenvalue weighted by Gasteiger charge is -2.40. The second-order valence-corrected chi connectivity index (χ2v) is 5.51. The van der Waals surface area contributed by atoms with Crippen LogP contribution in [0.3, 0.4) is 0 Å². The highest BCUT2D eigenvalue weighted by atomic mass is 16.2. The number of nitrogens with zero attached hydrogens (tertiary/aromatic N) is 2. The van der Waals surface area contributed by atoms with Crippen LogP contribution < -0.4 is 5.32 Å². The van der Waals surface area contributed by atoms with Crippen molar-refractivity contribution < 1.29 is 4.79 Å². The molecule has 1 amide bonds. The molecule has 1 aliphatic rings. The summed E-state index contributed by atoms with van der Waals surface area (Å²) in [6, 6.07) is 10.8. The van der Waals surface area contributed by atoms with Crippen molar-refractivity contribution in [1.82, 2.24) is 15.1 Å². The molecule has 0 saturated carbocycles. The van der Waals surface area contributed by atoms with Crippen molar-refractivity contribution >= 4 is 5.91 Å². The Morgan fingerprint density at radius 1 is 1.30 bits per heavy atom. The maximum absolute atomic E-state index is 12.1. The second-order valence-electron chi connectivity index (χ2n) is 5.51. The van der Waals surface area contributed by atoms with Gasteiger partial charge < -0.3 is 10.2 Å². The number of carbonyl (C=O) groups excluding carboxylic acids is 1. The summed E-state index contributed by atoms with van der Waals surface area (Å²) in [4.78, 5) is 16.6. The van der Waals surface area contributed by atoms with Crippen LogP contribution in [0.5, 0.6) is 0 Å². The molecule has 1 fully saturated rings. The van der Waals surface area contributed by atoms with Crippen LogP contribution in [-0.4, -0.2) is 55.0 Å². The highest BCUT2D eigenvalue weighted by Crippen LogP contribution is 2.13. The van der Waals surface area contributed by atoms with Crippen LogP contribution in [0.25, 0.3) is 0 Å². The fourth-order valence-electron chi connectivity index (χ4n) is 2.76. The Morgan fingerprint density at radius 3 is 2.70 bits per heavy atom. The van der Waals surface area contributed by atoms with E-state index in [0.717, 1.165) is 32.7 Å². The first-order valence-electron chi connectivity index (χ1n) is 7.41. The minimum atomic E-state index is 0.270. The predicted octanol–water partition coefficient (Wildman–Crippen LogP) is 1.33. The topological polar surface area (TPSA) is 35.6 Å². The zero-order valence-corrected chi connectivity index (χ0v) is 12.5. The van der Waals surface area contributed by atoms with Gasteiger partial charge >= 0.3 is 0 Å². The Morgan fingerprint density at radius 2 is 2.05 bits per heavy atom. The lowest BCUT2D eigenvalue weighted by atomic mass is 10.1. The molecule has 4 heteroatoms. The highest BCUT2D eigenvalue weighted by Gasteiger charge is 2.26. The third-order valence-corrected chi connectivity index (χ3v) is 3.87. The van der Waals surface area contributed by atoms with E-state index in [0.29, 0.717) is 12.5 Å². The number of hydrogen-bond acceptors (Lipinski definition) is 3. The summed E-state index contributed by atoms with van der Waals surface area (Å²) in [7, 11) is 1.88. The van der Waals surface area contributed by atoms with Crippen LogP contribution in [0.15, 0.2) is 30.3 Å². The number of hydrogen-bond donors (Lipinski definition) is 1. The summed E-state index contributed by atoms with van der Waals surface area (Å²) in [5.74, 6) is 0.270. The molecular weight excluding hydrogens is 250 g/mol. The smallest absolute Gasteiger partial charge is 0.224 e. The second kappa shape index (κ2) is 7.41. The van der Waals surface area contributed by atoms with Gasteiger partial charge in [-0.3, -0.25) is 9.69 Å². The van der Waals surface area contributed by atoms with E-state index in [2.05, 4.69) is 41.4 Å². The number of benzene rings is 1. The first kappa shape index (κ1) is 15.0. The van der Waals surface area contributed by atoms with Gasteiger partial charge in [-0.25, -0.2) is 0 Å². The average Bonchev–Trinajstić information content (AvgIpc) is 2.46. The minimum absolute atomic E-state index is 0.270. The fourth-order valence-corrected chi connectivity index (χ4v) is 2.76. The Hall–Kier alpha value is -1.39. The van der Waals surface area contributed by atoms with Crippen molar-refractivity contribution in [2.75, 3.05) is 33.2 Å². The first-order valence-corrected chi connectivity index (χ1v) is 7.41. The third-order valence-electron chi connectivity index (χ3n) is 3.87. The molecule has 0 aromatic heterocycles. The number of amides is 1. The SMILES string of the molecule is CNCCC(=O)N1CCN(Cc2ccccc2)CC1C. The van der Waals surface area contributed by atoms with E-state index >= 15 is 0 Å². The van der Waals surface area contributed by atoms with Crippen LogP contribution in [0.1, 0.15) is 18.9 Å². The number of carbonyl (C=O) groups is 1. The summed E-state index contributed by atoms with van der Waals surface area (Å²) in [6.07, 6.45) is 0.597. The van der Waals surface area contributed by atoms with Crippen LogP contribution in [0.4, 0.5) is 0 Å². The lowest BCUT2D eigenvalue weighted by molar-refractivity contribution is -0.135. The molecule has 0 bridgehead atoms. The van der Waals surface area contributed by atoms with Crippen molar-refractivity contribution in [2.45, 2.75) is 25.9 Å². The summed E-state index contributed by atoms with van der Waals surface area (Å²) < 4.78 is 0. The monoisotopic (exact) mass is 275 g/mol. The van der Waals surface area contributed by atoms with E-state index < -0.39 is 0 Å². The maximum Gasteiger partial charge on any atom is 0.224 e. The van der Waals surface area contributed by atoms with E-state index in [4.69, 9.17) is 0 Å². The normalized spacial score (nSPS) is 20.1. The third kappa shape index (κ3) is 4.05. The molecule has 2 rings (SSSR count). The molecule has 20 heavy (non-hydrogen) atoms. The van der Waals surface area contributed by atoms with Gasteiger partial charge in [0.1, 0.15) is 0 Å². The number of rotatable bonds is 5. The molecule has 0 aliphatic carbocycles. The van der Waals surface area contributed by atoms with E-state index in [-0.39, 0.29) is 5.91 Å². The lowest BCUT2D eigenvalue weighted by Crippen LogP contribution is -2.53. The van der Waals surface area contributed by atoms with Gasteiger partial charge in [-0.15, -0.1) is 0 Å². The largest absolute Gasteiger partial charge is 0.337 e. The van der Waals surface area contributed by atoms with Crippen molar-refractivity contribution in [3.05, 3.63) is 35.9 Å². The van der Waals surface area contributed by atoms with Crippen LogP contribution in [0.2, 0.25) is 0 Å². The van der Waals surface area contributed by atoms with Gasteiger partial charge in [0.25, 0.3) is 0 Å². The summed E-state index contributed by atoms with van der Waals surface area (Å²) in [6.45, 7) is 6.65. The molecule has 110 valence electrons. The van der Waals surface area contributed by atoms with Gasteiger partial charge in [-0.05, 0) is 19.5 Å². The van der Waals surface area contributed by atoms with Gasteiger partial charge in [0, 0.05) is 45.2 Å². The number of nitrogens with one attached hydrogen (secondary N) is 1. The zero-order valence-electron chi connectivity index (χ0n) is 12.5. The van der Waals surface area contributed by atoms with Gasteiger partial charge in [0.2, 0.25) is 5.91 Å². The number of piperazine rings is 1. The summed E-state index contributed by atoms with van der Waals surface area (Å²) in [5.41, 5.74) is 1.34. The highest BCUT2D eigenvalue weighted by molar-refractivity contribution is 5.76. The zero-order chi connectivity index (χ0) is 14.4. The molecule has 1 unspecified atom stereocenters. The molecule has 1 saturated heterocycles. The Bertz CT molecular complexity index is 421. The molecule has 4 nitrogen and oxygen atoms in total. The predicted molar refractivity (Wildman–Crippen MR) is 81.4 cm³/mol. The standard InChI is InChI=1S/C16H25N3O/c1-14-12-18(13-15-6-4-3-5-7-15)10-11-19(14)16(20)8-9-17-2/h3-7,14,17H,8-13H2,1-2H3. The minimum Gasteiger partial charge on any atom is -0.337 e. The molecule has 1 aromatic carbocycles. The van der Waals surface area contributed by atoms with E-state index in [1.54, 1.807) is 0 Å². The quantitative estimate of drug-likeness (QED) is 0.880. The van der Waals surface area contributed by atoms with Crippen LogP contribution >= 0.6 is 0 Å². The Kier molecular flexibility index (Phi) is 5.56. The first-order chi connectivity index (χ1) is 9.70. The van der Waals surface area contributed by atoms with Crippen molar-refractivity contribution in [3.63, 3.8) is 0 Å². The average molecular weight is 275 g/mol. The van der Waals surface area contributed by atoms with E-state index in [1.807, 2.05) is 18.0 Å². The van der Waals surface area contributed by atoms with Gasteiger partial charge in [-0.2, -0.15) is 0 Å². The molecule has 0 spiro atoms. The van der Waals surface area contributed by atoms with E-state index in [1.165, 1.54) is 5.56 Å². The summed E-state index contributed by atoms with van der Waals surface area (Å²) in [5, 5.41) is 3.04. The van der Waals surface area contributed by atoms with Gasteiger partial charge in [-0.1, -0.05) is 30.3 Å². The Balaban J connectivity index is 1.84. The summed E-state index contributed by atoms with van der Waals surface area (Å²) >= 11 is 0. The van der Waals surface area contributed by atoms with Gasteiger partial charge in [0.05, 0.1) is 0 Å². The molecule has 1 N–H and O–H groups in total. The molecule has 1 aromatic rings.